The van der Waals surface area contributed by atoms with Crippen molar-refractivity contribution in [1.82, 2.24) is 4.90 Å². The molecule has 1 aromatic carbocycles. The number of hydrogen-bond acceptors (Lipinski definition) is 2. The van der Waals surface area contributed by atoms with E-state index in [0.717, 1.165) is 5.56 Å². The van der Waals surface area contributed by atoms with Gasteiger partial charge in [-0.3, -0.25) is 4.79 Å². The van der Waals surface area contributed by atoms with Gasteiger partial charge >= 0.3 is 0 Å². The largest absolute Gasteiger partial charge is 0.341 e. The summed E-state index contributed by atoms with van der Waals surface area (Å²) in [4.78, 5) is 12.3. The smallest absolute Gasteiger partial charge is 0.223 e. The average Bonchev–Trinajstić information content (AvgIpc) is 2.19. The minimum Gasteiger partial charge on any atom is -0.341 e. The summed E-state index contributed by atoms with van der Waals surface area (Å²) in [5.41, 5.74) is 1.61. The Labute approximate surface area is 83.6 Å². The van der Waals surface area contributed by atoms with Crippen LogP contribution in [0.1, 0.15) is 11.1 Å². The van der Waals surface area contributed by atoms with Gasteiger partial charge in [-0.1, -0.05) is 12.1 Å². The molecule has 0 N–H and O–H groups in total. The van der Waals surface area contributed by atoms with E-state index in [1.54, 1.807) is 19.2 Å². The van der Waals surface area contributed by atoms with Gasteiger partial charge < -0.3 is 4.90 Å². The molecule has 0 aliphatic carbocycles. The Kier molecular flexibility index (Phi) is 3.24. The predicted molar refractivity (Wildman–Crippen MR) is 53.0 cm³/mol. The zero-order chi connectivity index (χ0) is 10.6. The number of rotatable bonds is 2. The van der Waals surface area contributed by atoms with Crippen LogP contribution in [0, 0.1) is 18.3 Å². The molecule has 3 heteroatoms. The van der Waals surface area contributed by atoms with E-state index in [1.165, 1.54) is 4.90 Å². The topological polar surface area (TPSA) is 44.1 Å². The molecule has 0 aromatic heterocycles. The number of nitrogens with zero attached hydrogens (tertiary/aromatic N) is 2. The normalized spacial score (nSPS) is 9.21. The van der Waals surface area contributed by atoms with Crippen molar-refractivity contribution in [1.29, 1.82) is 5.26 Å². The monoisotopic (exact) mass is 187 g/mol. The Balaban J connectivity index is 2.70. The highest BCUT2D eigenvalue weighted by atomic mass is 16.2. The molecule has 1 rings (SSSR count). The molecule has 0 unspecified atom stereocenters. The van der Waals surface area contributed by atoms with Crippen molar-refractivity contribution in [2.75, 3.05) is 7.05 Å². The molecular weight excluding hydrogens is 176 g/mol. The lowest BCUT2D eigenvalue weighted by atomic mass is 10.1. The second-order valence-corrected chi connectivity index (χ2v) is 3.06. The standard InChI is InChI=1S/C11H11N2O/c1-9(14)13(2)8-11-5-3-10(7-12)4-6-11/h3-6H,1,8H2,2H3. The van der Waals surface area contributed by atoms with E-state index >= 15 is 0 Å². The Bertz CT molecular complexity index is 362. The summed E-state index contributed by atoms with van der Waals surface area (Å²) in [7, 11) is 1.69. The summed E-state index contributed by atoms with van der Waals surface area (Å²) in [6, 6.07) is 9.17. The molecule has 1 radical (unpaired) electrons. The zero-order valence-corrected chi connectivity index (χ0v) is 8.03. The first-order valence-electron chi connectivity index (χ1n) is 4.19. The van der Waals surface area contributed by atoms with Crippen LogP contribution in [0.3, 0.4) is 0 Å². The van der Waals surface area contributed by atoms with Crippen LogP contribution in [0.2, 0.25) is 0 Å². The molecular formula is C11H11N2O. The maximum Gasteiger partial charge on any atom is 0.223 e. The van der Waals surface area contributed by atoms with Crippen molar-refractivity contribution >= 4 is 5.91 Å². The Hall–Kier alpha value is -1.82. The molecule has 0 heterocycles. The van der Waals surface area contributed by atoms with Gasteiger partial charge in [0, 0.05) is 20.5 Å². The Morgan fingerprint density at radius 1 is 1.50 bits per heavy atom. The van der Waals surface area contributed by atoms with Crippen LogP contribution < -0.4 is 0 Å². The summed E-state index contributed by atoms with van der Waals surface area (Å²) in [6.07, 6.45) is 0. The van der Waals surface area contributed by atoms with Gasteiger partial charge in [0.25, 0.3) is 0 Å². The second kappa shape index (κ2) is 4.43. The van der Waals surface area contributed by atoms with E-state index in [2.05, 4.69) is 6.92 Å². The molecule has 14 heavy (non-hydrogen) atoms. The van der Waals surface area contributed by atoms with Crippen LogP contribution in [0.5, 0.6) is 0 Å². The van der Waals surface area contributed by atoms with Gasteiger partial charge in [0.15, 0.2) is 0 Å². The third kappa shape index (κ3) is 2.60. The fraction of sp³-hybridized carbons (Fsp3) is 0.182. The fourth-order valence-corrected chi connectivity index (χ4v) is 1.05. The van der Waals surface area contributed by atoms with E-state index in [-0.39, 0.29) is 5.91 Å². The van der Waals surface area contributed by atoms with Gasteiger partial charge in [-0.2, -0.15) is 5.26 Å². The van der Waals surface area contributed by atoms with Crippen molar-refractivity contribution in [2.24, 2.45) is 0 Å². The average molecular weight is 187 g/mol. The molecule has 0 fully saturated rings. The van der Waals surface area contributed by atoms with Crippen molar-refractivity contribution in [3.05, 3.63) is 42.3 Å². The summed E-state index contributed by atoms with van der Waals surface area (Å²) < 4.78 is 0. The number of nitriles is 1. The number of carbonyl (C=O) groups is 1. The van der Waals surface area contributed by atoms with Crippen LogP contribution >= 0.6 is 0 Å². The molecule has 0 atom stereocenters. The Morgan fingerprint density at radius 3 is 2.50 bits per heavy atom. The van der Waals surface area contributed by atoms with E-state index in [1.807, 2.05) is 18.2 Å². The van der Waals surface area contributed by atoms with E-state index in [0.29, 0.717) is 12.1 Å². The van der Waals surface area contributed by atoms with Gasteiger partial charge in [-0.05, 0) is 17.7 Å². The highest BCUT2D eigenvalue weighted by Gasteiger charge is 2.02. The molecule has 0 saturated carbocycles. The minimum absolute atomic E-state index is 0.214. The van der Waals surface area contributed by atoms with Gasteiger partial charge in [-0.25, -0.2) is 0 Å². The second-order valence-electron chi connectivity index (χ2n) is 3.06. The number of benzene rings is 1. The lowest BCUT2D eigenvalue weighted by molar-refractivity contribution is -0.125. The first-order chi connectivity index (χ1) is 6.63. The summed E-state index contributed by atoms with van der Waals surface area (Å²) in [6.45, 7) is 3.82. The molecule has 71 valence electrons. The van der Waals surface area contributed by atoms with E-state index in [9.17, 15) is 4.79 Å². The quantitative estimate of drug-likeness (QED) is 0.701. The van der Waals surface area contributed by atoms with E-state index in [4.69, 9.17) is 5.26 Å². The number of hydrogen-bond donors (Lipinski definition) is 0. The van der Waals surface area contributed by atoms with Crippen LogP contribution in [-0.2, 0) is 11.3 Å². The maximum atomic E-state index is 10.8. The minimum atomic E-state index is -0.214. The molecule has 0 saturated heterocycles. The summed E-state index contributed by atoms with van der Waals surface area (Å²) in [5, 5.41) is 8.57. The molecule has 0 bridgehead atoms. The highest BCUT2D eigenvalue weighted by molar-refractivity contribution is 5.79. The number of carbonyl (C=O) groups excluding carboxylic acids is 1. The first kappa shape index (κ1) is 10.3. The van der Waals surface area contributed by atoms with Gasteiger partial charge in [-0.15, -0.1) is 0 Å². The van der Waals surface area contributed by atoms with Gasteiger partial charge in [0.2, 0.25) is 5.91 Å². The third-order valence-corrected chi connectivity index (χ3v) is 1.93. The van der Waals surface area contributed by atoms with Crippen LogP contribution in [0.4, 0.5) is 0 Å². The number of amides is 1. The van der Waals surface area contributed by atoms with Gasteiger partial charge in [0.05, 0.1) is 11.6 Å². The lowest BCUT2D eigenvalue weighted by Crippen LogP contribution is -2.23. The molecule has 0 aliphatic rings. The SMILES string of the molecule is [CH2]C(=O)N(C)Cc1ccc(C#N)cc1. The van der Waals surface area contributed by atoms with Crippen LogP contribution in [-0.4, -0.2) is 17.9 Å². The van der Waals surface area contributed by atoms with Gasteiger partial charge in [0.1, 0.15) is 0 Å². The zero-order valence-electron chi connectivity index (χ0n) is 8.03. The van der Waals surface area contributed by atoms with Crippen LogP contribution in [0.15, 0.2) is 24.3 Å². The molecule has 3 nitrogen and oxygen atoms in total. The van der Waals surface area contributed by atoms with Crippen molar-refractivity contribution in [3.8, 4) is 6.07 Å². The third-order valence-electron chi connectivity index (χ3n) is 1.93. The summed E-state index contributed by atoms with van der Waals surface area (Å²) in [5.74, 6) is -0.214. The predicted octanol–water partition coefficient (Wildman–Crippen LogP) is 1.35. The van der Waals surface area contributed by atoms with Crippen molar-refractivity contribution in [2.45, 2.75) is 6.54 Å². The van der Waals surface area contributed by atoms with Crippen LogP contribution in [0.25, 0.3) is 0 Å². The molecule has 1 amide bonds. The lowest BCUT2D eigenvalue weighted by Gasteiger charge is -2.14. The first-order valence-corrected chi connectivity index (χ1v) is 4.19. The molecule has 0 aliphatic heterocycles. The molecule has 0 spiro atoms. The summed E-state index contributed by atoms with van der Waals surface area (Å²) >= 11 is 0. The van der Waals surface area contributed by atoms with Crippen molar-refractivity contribution in [3.63, 3.8) is 0 Å². The van der Waals surface area contributed by atoms with Crippen molar-refractivity contribution < 1.29 is 4.79 Å². The highest BCUT2D eigenvalue weighted by Crippen LogP contribution is 2.05. The molecule has 1 aromatic rings. The maximum absolute atomic E-state index is 10.8. The Morgan fingerprint density at radius 2 is 2.07 bits per heavy atom. The fourth-order valence-electron chi connectivity index (χ4n) is 1.05. The van der Waals surface area contributed by atoms with E-state index < -0.39 is 0 Å².